The van der Waals surface area contributed by atoms with Gasteiger partial charge in [0.2, 0.25) is 5.91 Å². The van der Waals surface area contributed by atoms with E-state index in [1.807, 2.05) is 43.1 Å². The van der Waals surface area contributed by atoms with Crippen LogP contribution in [-0.4, -0.2) is 42.0 Å². The van der Waals surface area contributed by atoms with E-state index in [0.717, 1.165) is 15.6 Å². The van der Waals surface area contributed by atoms with Crippen molar-refractivity contribution in [3.8, 4) is 0 Å². The lowest BCUT2D eigenvalue weighted by molar-refractivity contribution is -0.121. The number of nitrogens with one attached hydrogen (secondary N) is 1. The second-order valence-electron chi connectivity index (χ2n) is 4.84. The predicted octanol–water partition coefficient (Wildman–Crippen LogP) is 2.17. The fraction of sp³-hybridized carbons (Fsp3) is 0.333. The second-order valence-corrected chi connectivity index (χ2v) is 5.89. The minimum Gasteiger partial charge on any atom is -0.477 e. The quantitative estimate of drug-likeness (QED) is 0.858. The Labute approximate surface area is 127 Å². The van der Waals surface area contributed by atoms with Gasteiger partial charge in [0.25, 0.3) is 0 Å². The highest BCUT2D eigenvalue weighted by molar-refractivity contribution is 7.21. The lowest BCUT2D eigenvalue weighted by atomic mass is 10.1. The van der Waals surface area contributed by atoms with E-state index < -0.39 is 5.97 Å². The smallest absolute Gasteiger partial charge is 0.346 e. The highest BCUT2D eigenvalue weighted by atomic mass is 32.1. The summed E-state index contributed by atoms with van der Waals surface area (Å²) >= 11 is 1.28. The molecular formula is C15H18N2O3S. The SMILES string of the molecule is CCNC(=O)CN(C)Cc1c(C(=O)O)sc2ccccc12. The summed E-state index contributed by atoms with van der Waals surface area (Å²) in [6, 6.07) is 7.63. The zero-order chi connectivity index (χ0) is 15.4. The summed E-state index contributed by atoms with van der Waals surface area (Å²) in [5.74, 6) is -0.978. The number of hydrogen-bond acceptors (Lipinski definition) is 4. The van der Waals surface area contributed by atoms with Gasteiger partial charge in [-0.25, -0.2) is 4.79 Å². The Kier molecular flexibility index (Phi) is 4.93. The summed E-state index contributed by atoms with van der Waals surface area (Å²) in [5, 5.41) is 13.0. The number of benzene rings is 1. The molecule has 0 atom stereocenters. The molecule has 0 unspecified atom stereocenters. The summed E-state index contributed by atoms with van der Waals surface area (Å²) in [6.07, 6.45) is 0. The molecule has 1 amide bonds. The van der Waals surface area contributed by atoms with Crippen molar-refractivity contribution in [1.29, 1.82) is 0 Å². The minimum absolute atomic E-state index is 0.0589. The Bertz CT molecular complexity index is 666. The molecule has 1 heterocycles. The van der Waals surface area contributed by atoms with Crippen molar-refractivity contribution in [3.05, 3.63) is 34.7 Å². The second kappa shape index (κ2) is 6.69. The molecule has 0 aliphatic carbocycles. The number of likely N-dealkylation sites (N-methyl/N-ethyl adjacent to an activating group) is 2. The first-order valence-electron chi connectivity index (χ1n) is 6.71. The zero-order valence-corrected chi connectivity index (χ0v) is 12.9. The van der Waals surface area contributed by atoms with Crippen LogP contribution >= 0.6 is 11.3 Å². The zero-order valence-electron chi connectivity index (χ0n) is 12.0. The third-order valence-corrected chi connectivity index (χ3v) is 4.31. The lowest BCUT2D eigenvalue weighted by Crippen LogP contribution is -2.34. The minimum atomic E-state index is -0.919. The maximum absolute atomic E-state index is 11.6. The molecule has 1 aromatic carbocycles. The fourth-order valence-electron chi connectivity index (χ4n) is 2.25. The van der Waals surface area contributed by atoms with Gasteiger partial charge < -0.3 is 10.4 Å². The molecule has 0 radical (unpaired) electrons. The molecule has 21 heavy (non-hydrogen) atoms. The first kappa shape index (κ1) is 15.5. The number of carbonyl (C=O) groups excluding carboxylic acids is 1. The van der Waals surface area contributed by atoms with E-state index in [-0.39, 0.29) is 12.5 Å². The molecular weight excluding hydrogens is 288 g/mol. The third kappa shape index (κ3) is 3.59. The molecule has 2 aromatic rings. The van der Waals surface area contributed by atoms with Crippen LogP contribution in [0.15, 0.2) is 24.3 Å². The van der Waals surface area contributed by atoms with E-state index in [9.17, 15) is 14.7 Å². The summed E-state index contributed by atoms with van der Waals surface area (Å²) in [4.78, 5) is 25.2. The number of carboxylic acid groups (broad SMARTS) is 1. The number of thiophene rings is 1. The van der Waals surface area contributed by atoms with E-state index in [1.54, 1.807) is 0 Å². The van der Waals surface area contributed by atoms with E-state index >= 15 is 0 Å². The fourth-order valence-corrected chi connectivity index (χ4v) is 3.31. The largest absolute Gasteiger partial charge is 0.477 e. The van der Waals surface area contributed by atoms with Crippen molar-refractivity contribution in [1.82, 2.24) is 10.2 Å². The van der Waals surface area contributed by atoms with E-state index in [1.165, 1.54) is 11.3 Å². The van der Waals surface area contributed by atoms with Crippen molar-refractivity contribution in [2.75, 3.05) is 20.1 Å². The van der Waals surface area contributed by atoms with Gasteiger partial charge in [-0.1, -0.05) is 18.2 Å². The van der Waals surface area contributed by atoms with Crippen molar-refractivity contribution in [2.45, 2.75) is 13.5 Å². The molecule has 112 valence electrons. The summed E-state index contributed by atoms with van der Waals surface area (Å²) in [6.45, 7) is 3.14. The Balaban J connectivity index is 2.26. The average molecular weight is 306 g/mol. The molecule has 6 heteroatoms. The molecule has 0 saturated heterocycles. The highest BCUT2D eigenvalue weighted by Crippen LogP contribution is 2.32. The maximum Gasteiger partial charge on any atom is 0.346 e. The van der Waals surface area contributed by atoms with Crippen LogP contribution in [-0.2, 0) is 11.3 Å². The van der Waals surface area contributed by atoms with Crippen LogP contribution < -0.4 is 5.32 Å². The van der Waals surface area contributed by atoms with Crippen LogP contribution in [0.4, 0.5) is 0 Å². The Morgan fingerprint density at radius 1 is 1.33 bits per heavy atom. The van der Waals surface area contributed by atoms with E-state index in [2.05, 4.69) is 5.32 Å². The van der Waals surface area contributed by atoms with Gasteiger partial charge in [-0.15, -0.1) is 11.3 Å². The number of nitrogens with zero attached hydrogens (tertiary/aromatic N) is 1. The lowest BCUT2D eigenvalue weighted by Gasteiger charge is -2.16. The molecule has 0 saturated carbocycles. The monoisotopic (exact) mass is 306 g/mol. The molecule has 0 aliphatic heterocycles. The van der Waals surface area contributed by atoms with Gasteiger partial charge >= 0.3 is 5.97 Å². The molecule has 0 bridgehead atoms. The number of fused-ring (bicyclic) bond motifs is 1. The van der Waals surface area contributed by atoms with Crippen LogP contribution in [0.25, 0.3) is 10.1 Å². The summed E-state index contributed by atoms with van der Waals surface area (Å²) in [7, 11) is 1.81. The molecule has 1 aromatic heterocycles. The van der Waals surface area contributed by atoms with Crippen LogP contribution in [0.2, 0.25) is 0 Å². The number of hydrogen-bond donors (Lipinski definition) is 2. The van der Waals surface area contributed by atoms with Gasteiger partial charge in [0.05, 0.1) is 6.54 Å². The number of carbonyl (C=O) groups is 2. The number of amides is 1. The highest BCUT2D eigenvalue weighted by Gasteiger charge is 2.19. The molecule has 2 N–H and O–H groups in total. The van der Waals surface area contributed by atoms with E-state index in [0.29, 0.717) is 18.0 Å². The number of rotatable bonds is 6. The molecule has 0 aliphatic rings. The van der Waals surface area contributed by atoms with Gasteiger partial charge in [-0.05, 0) is 31.0 Å². The van der Waals surface area contributed by atoms with Gasteiger partial charge in [0.1, 0.15) is 4.88 Å². The molecule has 0 spiro atoms. The first-order chi connectivity index (χ1) is 10.0. The molecule has 2 rings (SSSR count). The van der Waals surface area contributed by atoms with Crippen molar-refractivity contribution < 1.29 is 14.7 Å². The topological polar surface area (TPSA) is 69.6 Å². The van der Waals surface area contributed by atoms with Crippen molar-refractivity contribution in [2.24, 2.45) is 0 Å². The van der Waals surface area contributed by atoms with Crippen LogP contribution in [0.1, 0.15) is 22.2 Å². The van der Waals surface area contributed by atoms with Crippen LogP contribution in [0.5, 0.6) is 0 Å². The third-order valence-electron chi connectivity index (χ3n) is 3.11. The average Bonchev–Trinajstić information content (AvgIpc) is 2.78. The standard InChI is InChI=1S/C15H18N2O3S/c1-3-16-13(18)9-17(2)8-11-10-6-4-5-7-12(10)21-14(11)15(19)20/h4-7H,3,8-9H2,1-2H3,(H,16,18)(H,19,20). The Hall–Kier alpha value is -1.92. The van der Waals surface area contributed by atoms with Crippen LogP contribution in [0, 0.1) is 0 Å². The number of carboxylic acids is 1. The van der Waals surface area contributed by atoms with E-state index in [4.69, 9.17) is 0 Å². The van der Waals surface area contributed by atoms with Gasteiger partial charge in [-0.3, -0.25) is 9.69 Å². The summed E-state index contributed by atoms with van der Waals surface area (Å²) < 4.78 is 0.955. The predicted molar refractivity (Wildman–Crippen MR) is 83.8 cm³/mol. The Morgan fingerprint density at radius 3 is 2.71 bits per heavy atom. The van der Waals surface area contributed by atoms with Crippen LogP contribution in [0.3, 0.4) is 0 Å². The normalized spacial score (nSPS) is 11.0. The van der Waals surface area contributed by atoms with Gasteiger partial charge in [0.15, 0.2) is 0 Å². The van der Waals surface area contributed by atoms with Gasteiger partial charge in [-0.2, -0.15) is 0 Å². The molecule has 5 nitrogen and oxygen atoms in total. The van der Waals surface area contributed by atoms with Gasteiger partial charge in [0, 0.05) is 17.8 Å². The molecule has 0 fully saturated rings. The number of aromatic carboxylic acids is 1. The van der Waals surface area contributed by atoms with Crippen molar-refractivity contribution >= 4 is 33.3 Å². The maximum atomic E-state index is 11.6. The first-order valence-corrected chi connectivity index (χ1v) is 7.53. The summed E-state index contributed by atoms with van der Waals surface area (Å²) in [5.41, 5.74) is 0.773. The Morgan fingerprint density at radius 2 is 2.05 bits per heavy atom. The van der Waals surface area contributed by atoms with Crippen molar-refractivity contribution in [3.63, 3.8) is 0 Å².